The number of amides is 4. The fraction of sp³-hybridized carbons (Fsp3) is 0.325. The minimum atomic E-state index is -0.683. The first-order chi connectivity index (χ1) is 26.6. The lowest BCUT2D eigenvalue weighted by atomic mass is 10.0. The van der Waals surface area contributed by atoms with Crippen molar-refractivity contribution in [1.82, 2.24) is 45.8 Å². The third-order valence-corrected chi connectivity index (χ3v) is 9.41. The number of aromatic nitrogens is 5. The topological polar surface area (TPSA) is 196 Å². The number of fused-ring (bicyclic) bond motifs is 1. The number of carbonyl (C=O) groups excluding carboxylic acids is 4. The maximum absolute atomic E-state index is 13.5. The molecule has 0 bridgehead atoms. The largest absolute Gasteiger partial charge is 0.453 e. The molecule has 0 spiro atoms. The predicted octanol–water partition coefficient (Wildman–Crippen LogP) is 5.79. The molecule has 6 rings (SSSR count). The van der Waals surface area contributed by atoms with Crippen molar-refractivity contribution >= 4 is 34.9 Å². The smallest absolute Gasteiger partial charge is 0.411 e. The van der Waals surface area contributed by atoms with Gasteiger partial charge >= 0.3 is 12.2 Å². The molecule has 1 unspecified atom stereocenters. The number of imidazole rings is 2. The summed E-state index contributed by atoms with van der Waals surface area (Å²) in [7, 11) is 2.51. The van der Waals surface area contributed by atoms with Crippen LogP contribution in [0.5, 0.6) is 0 Å². The monoisotopic (exact) mass is 747 g/mol. The molecule has 15 heteroatoms. The number of alkyl carbamates (subject to hydrolysis) is 2. The van der Waals surface area contributed by atoms with E-state index in [-0.39, 0.29) is 30.1 Å². The van der Waals surface area contributed by atoms with E-state index in [9.17, 15) is 19.2 Å². The molecule has 286 valence electrons. The Balaban J connectivity index is 1.05. The van der Waals surface area contributed by atoms with Gasteiger partial charge in [-0.1, -0.05) is 36.4 Å². The summed E-state index contributed by atoms with van der Waals surface area (Å²) in [5, 5.41) is 8.70. The van der Waals surface area contributed by atoms with Crippen molar-refractivity contribution in [2.45, 2.75) is 52.0 Å². The second-order valence-corrected chi connectivity index (χ2v) is 13.4. The van der Waals surface area contributed by atoms with Crippen molar-refractivity contribution in [2.75, 3.05) is 33.9 Å². The Labute approximate surface area is 318 Å². The zero-order chi connectivity index (χ0) is 38.9. The summed E-state index contributed by atoms with van der Waals surface area (Å²) < 4.78 is 9.17. The molecule has 1 fully saturated rings. The van der Waals surface area contributed by atoms with Gasteiger partial charge in [0.05, 0.1) is 61.8 Å². The van der Waals surface area contributed by atoms with Crippen LogP contribution in [0.3, 0.4) is 0 Å². The summed E-state index contributed by atoms with van der Waals surface area (Å²) >= 11 is 0. The van der Waals surface area contributed by atoms with Crippen molar-refractivity contribution in [3.8, 4) is 33.8 Å². The van der Waals surface area contributed by atoms with E-state index in [4.69, 9.17) is 9.72 Å². The molecule has 0 radical (unpaired) electrons. The lowest BCUT2D eigenvalue weighted by Gasteiger charge is -2.25. The molecular formula is C40H45N9O6. The molecule has 55 heavy (non-hydrogen) atoms. The van der Waals surface area contributed by atoms with Crippen LogP contribution in [0.25, 0.3) is 44.7 Å². The van der Waals surface area contributed by atoms with Crippen LogP contribution in [0.1, 0.15) is 57.2 Å². The van der Waals surface area contributed by atoms with Crippen molar-refractivity contribution in [3.63, 3.8) is 0 Å². The number of aromatic amines is 2. The van der Waals surface area contributed by atoms with Crippen LogP contribution in [0.4, 0.5) is 9.59 Å². The summed E-state index contributed by atoms with van der Waals surface area (Å²) in [5.74, 6) is 1.04. The van der Waals surface area contributed by atoms with Crippen LogP contribution in [-0.4, -0.2) is 87.7 Å². The molecule has 0 saturated carbocycles. The van der Waals surface area contributed by atoms with Gasteiger partial charge in [0.15, 0.2) is 0 Å². The quantitative estimate of drug-likeness (QED) is 0.0732. The average molecular weight is 748 g/mol. The van der Waals surface area contributed by atoms with E-state index in [1.165, 1.54) is 14.2 Å². The Morgan fingerprint density at radius 2 is 1.56 bits per heavy atom. The van der Waals surface area contributed by atoms with E-state index in [0.29, 0.717) is 24.5 Å². The second-order valence-electron chi connectivity index (χ2n) is 13.4. The molecule has 4 amide bonds. The number of hydrogen-bond acceptors (Lipinski definition) is 9. The number of benzene rings is 2. The minimum Gasteiger partial charge on any atom is -0.453 e. The van der Waals surface area contributed by atoms with Gasteiger partial charge in [-0.05, 0) is 68.9 Å². The van der Waals surface area contributed by atoms with E-state index in [1.807, 2.05) is 48.7 Å². The van der Waals surface area contributed by atoms with E-state index in [2.05, 4.69) is 52.8 Å². The minimum absolute atomic E-state index is 0.120. The summed E-state index contributed by atoms with van der Waals surface area (Å²) in [6, 6.07) is 18.1. The number of ether oxygens (including phenoxy) is 2. The lowest BCUT2D eigenvalue weighted by molar-refractivity contribution is -0.128. The fourth-order valence-electron chi connectivity index (χ4n) is 6.48. The molecular weight excluding hydrogens is 702 g/mol. The van der Waals surface area contributed by atoms with Crippen LogP contribution < -0.4 is 16.0 Å². The Morgan fingerprint density at radius 1 is 0.836 bits per heavy atom. The van der Waals surface area contributed by atoms with Gasteiger partial charge in [-0.25, -0.2) is 24.5 Å². The fourth-order valence-corrected chi connectivity index (χ4v) is 6.48. The van der Waals surface area contributed by atoms with Gasteiger partial charge in [-0.2, -0.15) is 0 Å². The van der Waals surface area contributed by atoms with Crippen molar-refractivity contribution in [3.05, 3.63) is 89.9 Å². The molecule has 1 aliphatic heterocycles. The zero-order valence-corrected chi connectivity index (χ0v) is 31.3. The predicted molar refractivity (Wildman–Crippen MR) is 206 cm³/mol. The summed E-state index contributed by atoms with van der Waals surface area (Å²) in [5.41, 5.74) is 7.34. The van der Waals surface area contributed by atoms with Gasteiger partial charge in [0.2, 0.25) is 5.91 Å². The number of likely N-dealkylation sites (tertiary alicyclic amines) is 1. The van der Waals surface area contributed by atoms with E-state index < -0.39 is 12.2 Å². The van der Waals surface area contributed by atoms with Gasteiger partial charge < -0.3 is 35.0 Å². The first kappa shape index (κ1) is 38.2. The van der Waals surface area contributed by atoms with Gasteiger partial charge in [-0.3, -0.25) is 14.9 Å². The molecule has 1 saturated heterocycles. The molecule has 0 aliphatic carbocycles. The number of aryl methyl sites for hydroxylation is 1. The highest BCUT2D eigenvalue weighted by Crippen LogP contribution is 2.33. The number of nitrogens with one attached hydrogen (secondary N) is 5. The maximum atomic E-state index is 13.5. The van der Waals surface area contributed by atoms with E-state index in [0.717, 1.165) is 82.6 Å². The Hall–Kier alpha value is -6.51. The maximum Gasteiger partial charge on any atom is 0.411 e. The lowest BCUT2D eigenvalue weighted by Crippen LogP contribution is -2.39. The van der Waals surface area contributed by atoms with Crippen molar-refractivity contribution in [2.24, 2.45) is 0 Å². The van der Waals surface area contributed by atoms with Crippen LogP contribution >= 0.6 is 0 Å². The number of H-pyrrole nitrogens is 2. The van der Waals surface area contributed by atoms with Gasteiger partial charge in [-0.15, -0.1) is 0 Å². The van der Waals surface area contributed by atoms with Crippen LogP contribution in [0.2, 0.25) is 0 Å². The standard InChI is InChI=1S/C40H45N9O6/c1-24(2)36(48-40(53)55-4)38(51)49-19-7-8-33(49)37-43-22-31(47-37)26-12-10-25(11-13-26)29-16-14-27-20-28(15-17-30(27)45-29)32-21-42-34(46-32)9-5-6-18-41-35(50)23-44-39(52)54-3/h10-17,20-22,33H,5-9,18-19,23H2,1-4H3,(H,41,50)(H,42,46)(H,43,47)(H,44,52)(H,48,53). The number of unbranched alkanes of at least 4 members (excludes halogenated alkanes) is 1. The number of hydrogen-bond donors (Lipinski definition) is 5. The number of nitrogens with zero attached hydrogens (tertiary/aromatic N) is 4. The number of rotatable bonds is 13. The molecule has 5 aromatic rings. The van der Waals surface area contributed by atoms with E-state index >= 15 is 0 Å². The molecule has 2 aromatic carbocycles. The molecule has 5 N–H and O–H groups in total. The summed E-state index contributed by atoms with van der Waals surface area (Å²) in [4.78, 5) is 70.9. The van der Waals surface area contributed by atoms with Crippen LogP contribution in [-0.2, 0) is 25.5 Å². The highest BCUT2D eigenvalue weighted by atomic mass is 16.5. The third-order valence-electron chi connectivity index (χ3n) is 9.41. The van der Waals surface area contributed by atoms with Crippen molar-refractivity contribution in [1.29, 1.82) is 0 Å². The number of carbonyl (C=O) groups is 4. The zero-order valence-electron chi connectivity index (χ0n) is 31.3. The Morgan fingerprint density at radius 3 is 2.33 bits per heavy atom. The van der Waals surface area contributed by atoms with Gasteiger partial charge in [0, 0.05) is 36.0 Å². The third kappa shape index (κ3) is 9.36. The summed E-state index contributed by atoms with van der Waals surface area (Å²) in [6.07, 6.45) is 6.23. The highest BCUT2D eigenvalue weighted by molar-refractivity contribution is 5.97. The summed E-state index contributed by atoms with van der Waals surface area (Å²) in [6.45, 7) is 4.50. The average Bonchev–Trinajstić information content (AvgIpc) is 4.00. The first-order valence-corrected chi connectivity index (χ1v) is 18.2. The van der Waals surface area contributed by atoms with Crippen molar-refractivity contribution < 1.29 is 28.7 Å². The Kier molecular flexibility index (Phi) is 12.2. The number of allylic oxidation sites excluding steroid dienone is 1. The molecule has 15 nitrogen and oxygen atoms in total. The number of methoxy groups -OCH3 is 2. The van der Waals surface area contributed by atoms with E-state index in [1.54, 1.807) is 24.9 Å². The Bertz CT molecular complexity index is 2200. The normalized spacial score (nSPS) is 13.7. The molecule has 4 heterocycles. The second kappa shape index (κ2) is 17.5. The first-order valence-electron chi connectivity index (χ1n) is 18.2. The molecule has 1 aliphatic rings. The van der Waals surface area contributed by atoms with Crippen LogP contribution in [0, 0.1) is 0 Å². The highest BCUT2D eigenvalue weighted by Gasteiger charge is 2.34. The van der Waals surface area contributed by atoms with Gasteiger partial charge in [0.25, 0.3) is 5.91 Å². The molecule has 3 aromatic heterocycles. The SMILES string of the molecule is COC(=O)NCC(=O)NCCCCc1ncc(-c2ccc3nc(-c4ccc(-c5cnc(C6CCCN6C(=O)C(NC(=O)OC)=C(C)C)[nH]5)cc4)ccc3c2)[nH]1. The number of pyridine rings is 1. The molecule has 1 atom stereocenters. The van der Waals surface area contributed by atoms with Gasteiger partial charge in [0.1, 0.15) is 17.3 Å². The van der Waals surface area contributed by atoms with Crippen LogP contribution in [0.15, 0.2) is 78.3 Å².